The Bertz CT molecular complexity index is 382. The summed E-state index contributed by atoms with van der Waals surface area (Å²) in [7, 11) is 1.57. The van der Waals surface area contributed by atoms with E-state index in [1.54, 1.807) is 25.3 Å². The molecule has 0 saturated carbocycles. The van der Waals surface area contributed by atoms with Crippen LogP contribution in [0, 0.1) is 0 Å². The molecule has 0 aromatic heterocycles. The van der Waals surface area contributed by atoms with Crippen LogP contribution in [0.1, 0.15) is 5.56 Å². The molecule has 0 aliphatic rings. The number of aliphatic hydroxyl groups excluding tert-OH is 1. The highest BCUT2D eigenvalue weighted by molar-refractivity contribution is 7.99. The van der Waals surface area contributed by atoms with E-state index in [-0.39, 0.29) is 12.4 Å². The van der Waals surface area contributed by atoms with E-state index in [0.717, 1.165) is 4.90 Å². The second kappa shape index (κ2) is 6.24. The topological polar surface area (TPSA) is 88.1 Å². The van der Waals surface area contributed by atoms with Crippen LogP contribution in [0.2, 0.25) is 0 Å². The molecule has 0 atom stereocenters. The Kier molecular flexibility index (Phi) is 4.94. The number of oxime groups is 1. The van der Waals surface area contributed by atoms with Crippen LogP contribution in [-0.2, 0) is 0 Å². The van der Waals surface area contributed by atoms with Gasteiger partial charge in [0, 0.05) is 16.2 Å². The van der Waals surface area contributed by atoms with Gasteiger partial charge in [-0.3, -0.25) is 0 Å². The number of amidine groups is 1. The molecule has 1 rings (SSSR count). The number of benzene rings is 1. The molecule has 0 aliphatic heterocycles. The fourth-order valence-corrected chi connectivity index (χ4v) is 2.01. The molecule has 5 nitrogen and oxygen atoms in total. The number of ether oxygens (including phenoxy) is 1. The predicted octanol–water partition coefficient (Wildman–Crippen LogP) is 0.874. The highest BCUT2D eigenvalue weighted by atomic mass is 32.2. The zero-order chi connectivity index (χ0) is 12.0. The maximum absolute atomic E-state index is 8.78. The van der Waals surface area contributed by atoms with Crippen LogP contribution in [0.5, 0.6) is 5.75 Å². The zero-order valence-electron chi connectivity index (χ0n) is 8.88. The molecule has 88 valence electrons. The molecule has 0 amide bonds. The molecule has 0 unspecified atom stereocenters. The summed E-state index contributed by atoms with van der Waals surface area (Å²) in [4.78, 5) is 0.809. The van der Waals surface area contributed by atoms with Gasteiger partial charge in [0.25, 0.3) is 0 Å². The summed E-state index contributed by atoms with van der Waals surface area (Å²) in [5.41, 5.74) is 6.17. The van der Waals surface area contributed by atoms with E-state index in [0.29, 0.717) is 17.1 Å². The van der Waals surface area contributed by atoms with Gasteiger partial charge in [0.1, 0.15) is 5.75 Å². The van der Waals surface area contributed by atoms with Crippen LogP contribution in [0.15, 0.2) is 28.3 Å². The molecule has 0 bridgehead atoms. The molecular formula is C10H14N2O3S. The third-order valence-corrected chi connectivity index (χ3v) is 2.96. The Balaban J connectivity index is 3.06. The van der Waals surface area contributed by atoms with E-state index in [4.69, 9.17) is 20.8 Å². The fraction of sp³-hybridized carbons (Fsp3) is 0.300. The molecule has 0 fully saturated rings. The first kappa shape index (κ1) is 12.7. The van der Waals surface area contributed by atoms with Crippen molar-refractivity contribution in [3.63, 3.8) is 0 Å². The highest BCUT2D eigenvalue weighted by Crippen LogP contribution is 2.27. The monoisotopic (exact) mass is 242 g/mol. The molecule has 0 aliphatic carbocycles. The largest absolute Gasteiger partial charge is 0.497 e. The molecule has 16 heavy (non-hydrogen) atoms. The number of nitrogens with two attached hydrogens (primary N) is 1. The lowest BCUT2D eigenvalue weighted by Gasteiger charge is -2.09. The van der Waals surface area contributed by atoms with Crippen molar-refractivity contribution in [1.29, 1.82) is 0 Å². The standard InChI is InChI=1S/C10H14N2O3S/c1-15-7-2-3-8(10(11)12-14)9(6-7)16-5-4-13/h2-3,6,13-14H,4-5H2,1H3,(H2,11,12). The summed E-state index contributed by atoms with van der Waals surface area (Å²) < 4.78 is 5.08. The quantitative estimate of drug-likeness (QED) is 0.234. The minimum atomic E-state index is 0.0445. The fourth-order valence-electron chi connectivity index (χ4n) is 1.17. The second-order valence-electron chi connectivity index (χ2n) is 2.92. The van der Waals surface area contributed by atoms with E-state index < -0.39 is 0 Å². The predicted molar refractivity (Wildman–Crippen MR) is 63.3 cm³/mol. The second-order valence-corrected chi connectivity index (χ2v) is 4.06. The van der Waals surface area contributed by atoms with Crippen LogP contribution in [-0.4, -0.2) is 35.6 Å². The Morgan fingerprint density at radius 3 is 2.88 bits per heavy atom. The third kappa shape index (κ3) is 3.04. The van der Waals surface area contributed by atoms with E-state index in [1.807, 2.05) is 0 Å². The summed E-state index contributed by atoms with van der Waals surface area (Å²) in [6.07, 6.45) is 0. The van der Waals surface area contributed by atoms with E-state index in [9.17, 15) is 0 Å². The number of thioether (sulfide) groups is 1. The van der Waals surface area contributed by atoms with Gasteiger partial charge in [-0.2, -0.15) is 0 Å². The van der Waals surface area contributed by atoms with Gasteiger partial charge in [0.05, 0.1) is 13.7 Å². The van der Waals surface area contributed by atoms with Gasteiger partial charge >= 0.3 is 0 Å². The van der Waals surface area contributed by atoms with Crippen molar-refractivity contribution in [2.24, 2.45) is 10.9 Å². The summed E-state index contributed by atoms with van der Waals surface area (Å²) >= 11 is 1.42. The van der Waals surface area contributed by atoms with Crippen LogP contribution in [0.4, 0.5) is 0 Å². The zero-order valence-corrected chi connectivity index (χ0v) is 9.70. The van der Waals surface area contributed by atoms with Crippen LogP contribution < -0.4 is 10.5 Å². The first-order chi connectivity index (χ1) is 7.72. The van der Waals surface area contributed by atoms with Crippen LogP contribution in [0.3, 0.4) is 0 Å². The summed E-state index contributed by atoms with van der Waals surface area (Å²) in [5.74, 6) is 1.27. The molecule has 0 saturated heterocycles. The molecule has 1 aromatic carbocycles. The van der Waals surface area contributed by atoms with Gasteiger partial charge in [0.2, 0.25) is 0 Å². The molecule has 6 heteroatoms. The van der Waals surface area contributed by atoms with Crippen molar-refractivity contribution >= 4 is 17.6 Å². The SMILES string of the molecule is COc1ccc(/C(N)=N/O)c(SCCO)c1. The van der Waals surface area contributed by atoms with Gasteiger partial charge < -0.3 is 20.8 Å². The van der Waals surface area contributed by atoms with E-state index in [1.165, 1.54) is 11.8 Å². The molecule has 0 radical (unpaired) electrons. The van der Waals surface area contributed by atoms with Crippen molar-refractivity contribution < 1.29 is 15.1 Å². The van der Waals surface area contributed by atoms with Gasteiger partial charge in [-0.05, 0) is 18.2 Å². The lowest BCUT2D eigenvalue weighted by atomic mass is 10.2. The third-order valence-electron chi connectivity index (χ3n) is 1.92. The van der Waals surface area contributed by atoms with E-state index in [2.05, 4.69) is 5.16 Å². The van der Waals surface area contributed by atoms with Crippen molar-refractivity contribution in [2.45, 2.75) is 4.90 Å². The lowest BCUT2D eigenvalue weighted by molar-refractivity contribution is 0.318. The smallest absolute Gasteiger partial charge is 0.171 e. The first-order valence-corrected chi connectivity index (χ1v) is 5.61. The van der Waals surface area contributed by atoms with Crippen LogP contribution in [0.25, 0.3) is 0 Å². The Morgan fingerprint density at radius 1 is 1.56 bits per heavy atom. The Morgan fingerprint density at radius 2 is 2.31 bits per heavy atom. The Hall–Kier alpha value is -1.40. The molecule has 0 heterocycles. The minimum absolute atomic E-state index is 0.0445. The summed E-state index contributed by atoms with van der Waals surface area (Å²) in [6, 6.07) is 5.23. The van der Waals surface area contributed by atoms with Gasteiger partial charge in [-0.15, -0.1) is 11.8 Å². The van der Waals surface area contributed by atoms with Crippen LogP contribution >= 0.6 is 11.8 Å². The number of methoxy groups -OCH3 is 1. The molecule has 4 N–H and O–H groups in total. The average Bonchev–Trinajstić information content (AvgIpc) is 2.34. The number of nitrogens with zero attached hydrogens (tertiary/aromatic N) is 1. The summed E-state index contributed by atoms with van der Waals surface area (Å²) in [5, 5.41) is 20.4. The van der Waals surface area contributed by atoms with Crippen molar-refractivity contribution in [3.05, 3.63) is 23.8 Å². The lowest BCUT2D eigenvalue weighted by Crippen LogP contribution is -2.14. The van der Waals surface area contributed by atoms with Crippen molar-refractivity contribution in [3.8, 4) is 5.75 Å². The highest BCUT2D eigenvalue weighted by Gasteiger charge is 2.08. The Labute approximate surface area is 97.9 Å². The van der Waals surface area contributed by atoms with Gasteiger partial charge in [0.15, 0.2) is 5.84 Å². The normalized spacial score (nSPS) is 11.5. The van der Waals surface area contributed by atoms with Gasteiger partial charge in [-0.25, -0.2) is 0 Å². The molecule has 0 spiro atoms. The molecule has 1 aromatic rings. The number of rotatable bonds is 5. The number of hydrogen-bond acceptors (Lipinski definition) is 5. The average molecular weight is 242 g/mol. The minimum Gasteiger partial charge on any atom is -0.497 e. The van der Waals surface area contributed by atoms with Gasteiger partial charge in [-0.1, -0.05) is 5.16 Å². The molecular weight excluding hydrogens is 228 g/mol. The van der Waals surface area contributed by atoms with E-state index >= 15 is 0 Å². The van der Waals surface area contributed by atoms with Crippen molar-refractivity contribution in [1.82, 2.24) is 0 Å². The number of hydrogen-bond donors (Lipinski definition) is 3. The van der Waals surface area contributed by atoms with Crippen molar-refractivity contribution in [2.75, 3.05) is 19.5 Å². The summed E-state index contributed by atoms with van der Waals surface area (Å²) in [6.45, 7) is 0.0670. The first-order valence-electron chi connectivity index (χ1n) is 4.62. The maximum atomic E-state index is 8.78. The maximum Gasteiger partial charge on any atom is 0.171 e. The number of aliphatic hydroxyl groups is 1.